The molecule has 1 aliphatic heterocycles. The summed E-state index contributed by atoms with van der Waals surface area (Å²) in [5.41, 5.74) is 4.49. The molecule has 8 heteroatoms. The van der Waals surface area contributed by atoms with Crippen molar-refractivity contribution in [3.05, 3.63) is 17.7 Å². The molecule has 19 heavy (non-hydrogen) atoms. The number of nitrogens with one attached hydrogen (secondary N) is 2. The highest BCUT2D eigenvalue weighted by Crippen LogP contribution is 2.31. The summed E-state index contributed by atoms with van der Waals surface area (Å²) in [5, 5.41) is 5.46. The molecular formula is C11H13F3N4O. The normalized spacial score (nSPS) is 19.3. The molecule has 1 aromatic rings. The summed E-state index contributed by atoms with van der Waals surface area (Å²) in [6, 6.07) is 1.58. The van der Waals surface area contributed by atoms with Crippen LogP contribution in [0, 0.1) is 0 Å². The molecule has 1 saturated heterocycles. The lowest BCUT2D eigenvalue weighted by molar-refractivity contribution is -0.137. The molecule has 0 radical (unpaired) electrons. The van der Waals surface area contributed by atoms with Crippen LogP contribution in [0.4, 0.5) is 24.8 Å². The number of nitrogen functional groups attached to an aromatic ring is 1. The maximum atomic E-state index is 12.6. The summed E-state index contributed by atoms with van der Waals surface area (Å²) in [5.74, 6) is -0.204. The van der Waals surface area contributed by atoms with E-state index in [-0.39, 0.29) is 23.6 Å². The fraction of sp³-hybridized carbons (Fsp3) is 0.455. The number of aromatic nitrogens is 1. The van der Waals surface area contributed by atoms with Crippen molar-refractivity contribution in [1.82, 2.24) is 10.3 Å². The van der Waals surface area contributed by atoms with Gasteiger partial charge in [-0.25, -0.2) is 4.98 Å². The highest BCUT2D eigenvalue weighted by molar-refractivity contribution is 5.78. The third kappa shape index (κ3) is 3.49. The van der Waals surface area contributed by atoms with E-state index in [1.807, 2.05) is 0 Å². The molecular weight excluding hydrogens is 261 g/mol. The quantitative estimate of drug-likeness (QED) is 0.777. The Labute approximate surface area is 107 Å². The maximum Gasteiger partial charge on any atom is 0.416 e. The van der Waals surface area contributed by atoms with Crippen LogP contribution < -0.4 is 16.4 Å². The van der Waals surface area contributed by atoms with Crippen molar-refractivity contribution in [3.63, 3.8) is 0 Å². The van der Waals surface area contributed by atoms with Gasteiger partial charge in [-0.3, -0.25) is 4.79 Å². The summed E-state index contributed by atoms with van der Waals surface area (Å²) in [7, 11) is 0. The van der Waals surface area contributed by atoms with E-state index in [0.717, 1.165) is 12.1 Å². The zero-order chi connectivity index (χ0) is 14.0. The van der Waals surface area contributed by atoms with Crippen LogP contribution in [0.3, 0.4) is 0 Å². The van der Waals surface area contributed by atoms with Crippen LogP contribution in [0.1, 0.15) is 18.4 Å². The Kier molecular flexibility index (Phi) is 3.50. The van der Waals surface area contributed by atoms with E-state index in [4.69, 9.17) is 5.73 Å². The first-order valence-corrected chi connectivity index (χ1v) is 5.72. The third-order valence-corrected chi connectivity index (χ3v) is 2.79. The number of carbonyl (C=O) groups is 1. The highest BCUT2D eigenvalue weighted by atomic mass is 19.4. The van der Waals surface area contributed by atoms with E-state index in [2.05, 4.69) is 15.6 Å². The second kappa shape index (κ2) is 4.94. The van der Waals surface area contributed by atoms with Crippen LogP contribution in [0.2, 0.25) is 0 Å². The van der Waals surface area contributed by atoms with Gasteiger partial charge in [0.15, 0.2) is 0 Å². The second-order valence-corrected chi connectivity index (χ2v) is 4.35. The summed E-state index contributed by atoms with van der Waals surface area (Å²) in [6.07, 6.45) is -3.38. The Bertz CT molecular complexity index is 489. The predicted octanol–water partition coefficient (Wildman–Crippen LogP) is 1.37. The van der Waals surface area contributed by atoms with Crippen LogP contribution in [-0.2, 0) is 11.0 Å². The number of hydrogen-bond donors (Lipinski definition) is 3. The van der Waals surface area contributed by atoms with Crippen molar-refractivity contribution in [2.75, 3.05) is 17.6 Å². The SMILES string of the molecule is Nc1cc(C(F)(F)F)cc(NCC2CCC(=O)N2)n1. The number of hydrogen-bond acceptors (Lipinski definition) is 4. The summed E-state index contributed by atoms with van der Waals surface area (Å²) < 4.78 is 37.7. The molecule has 104 valence electrons. The minimum absolute atomic E-state index is 0.0495. The number of nitrogens with zero attached hydrogens (tertiary/aromatic N) is 1. The number of pyridine rings is 1. The molecule has 1 unspecified atom stereocenters. The highest BCUT2D eigenvalue weighted by Gasteiger charge is 2.31. The number of carbonyl (C=O) groups excluding carboxylic acids is 1. The molecule has 0 aliphatic carbocycles. The number of halogens is 3. The molecule has 0 aromatic carbocycles. The minimum atomic E-state index is -4.46. The molecule has 2 heterocycles. The van der Waals surface area contributed by atoms with Gasteiger partial charge in [-0.05, 0) is 18.6 Å². The minimum Gasteiger partial charge on any atom is -0.384 e. The molecule has 0 bridgehead atoms. The van der Waals surface area contributed by atoms with Crippen molar-refractivity contribution < 1.29 is 18.0 Å². The molecule has 1 amide bonds. The second-order valence-electron chi connectivity index (χ2n) is 4.35. The molecule has 1 aliphatic rings. The van der Waals surface area contributed by atoms with Gasteiger partial charge in [0, 0.05) is 19.0 Å². The maximum absolute atomic E-state index is 12.6. The number of rotatable bonds is 3. The standard InChI is InChI=1S/C11H13F3N4O/c12-11(13,14)6-3-8(15)18-9(4-6)16-5-7-1-2-10(19)17-7/h3-4,7H,1-2,5H2,(H,17,19)(H3,15,16,18). The summed E-state index contributed by atoms with van der Waals surface area (Å²) in [4.78, 5) is 14.8. The summed E-state index contributed by atoms with van der Waals surface area (Å²) >= 11 is 0. The lowest BCUT2D eigenvalue weighted by Gasteiger charge is -2.14. The van der Waals surface area contributed by atoms with E-state index in [9.17, 15) is 18.0 Å². The number of nitrogens with two attached hydrogens (primary N) is 1. The van der Waals surface area contributed by atoms with E-state index >= 15 is 0 Å². The van der Waals surface area contributed by atoms with Crippen molar-refractivity contribution >= 4 is 17.5 Å². The Morgan fingerprint density at radius 2 is 2.21 bits per heavy atom. The van der Waals surface area contributed by atoms with Crippen LogP contribution in [0.5, 0.6) is 0 Å². The first-order chi connectivity index (χ1) is 8.84. The van der Waals surface area contributed by atoms with Gasteiger partial charge >= 0.3 is 6.18 Å². The van der Waals surface area contributed by atoms with E-state index in [1.165, 1.54) is 0 Å². The largest absolute Gasteiger partial charge is 0.416 e. The van der Waals surface area contributed by atoms with E-state index in [0.29, 0.717) is 19.4 Å². The van der Waals surface area contributed by atoms with Crippen molar-refractivity contribution in [1.29, 1.82) is 0 Å². The average Bonchev–Trinajstić information content (AvgIpc) is 2.71. The zero-order valence-corrected chi connectivity index (χ0v) is 9.92. The molecule has 5 nitrogen and oxygen atoms in total. The molecule has 0 saturated carbocycles. The molecule has 0 spiro atoms. The first kappa shape index (κ1) is 13.4. The molecule has 4 N–H and O–H groups in total. The van der Waals surface area contributed by atoms with Crippen LogP contribution in [-0.4, -0.2) is 23.5 Å². The zero-order valence-electron chi connectivity index (χ0n) is 9.92. The fourth-order valence-electron chi connectivity index (χ4n) is 1.86. The van der Waals surface area contributed by atoms with Gasteiger partial charge in [0.05, 0.1) is 5.56 Å². The summed E-state index contributed by atoms with van der Waals surface area (Å²) in [6.45, 7) is 0.319. The lowest BCUT2D eigenvalue weighted by atomic mass is 10.2. The molecule has 1 fully saturated rings. The fourth-order valence-corrected chi connectivity index (χ4v) is 1.86. The van der Waals surface area contributed by atoms with Gasteiger partial charge in [-0.15, -0.1) is 0 Å². The smallest absolute Gasteiger partial charge is 0.384 e. The van der Waals surface area contributed by atoms with Crippen LogP contribution in [0.25, 0.3) is 0 Å². The van der Waals surface area contributed by atoms with Gasteiger partial charge in [-0.1, -0.05) is 0 Å². The first-order valence-electron chi connectivity index (χ1n) is 5.72. The van der Waals surface area contributed by atoms with Gasteiger partial charge < -0.3 is 16.4 Å². The number of amides is 1. The average molecular weight is 274 g/mol. The predicted molar refractivity (Wildman–Crippen MR) is 63.3 cm³/mol. The van der Waals surface area contributed by atoms with Crippen molar-refractivity contribution in [2.24, 2.45) is 0 Å². The van der Waals surface area contributed by atoms with E-state index in [1.54, 1.807) is 0 Å². The van der Waals surface area contributed by atoms with Crippen molar-refractivity contribution in [2.45, 2.75) is 25.1 Å². The Morgan fingerprint density at radius 1 is 1.47 bits per heavy atom. The van der Waals surface area contributed by atoms with Crippen LogP contribution in [0.15, 0.2) is 12.1 Å². The molecule has 2 rings (SSSR count). The Balaban J connectivity index is 2.04. The Hall–Kier alpha value is -1.99. The lowest BCUT2D eigenvalue weighted by Crippen LogP contribution is -2.32. The van der Waals surface area contributed by atoms with Crippen LogP contribution >= 0.6 is 0 Å². The van der Waals surface area contributed by atoms with E-state index < -0.39 is 11.7 Å². The van der Waals surface area contributed by atoms with Gasteiger partial charge in [0.2, 0.25) is 5.91 Å². The van der Waals surface area contributed by atoms with Gasteiger partial charge in [0.1, 0.15) is 11.6 Å². The van der Waals surface area contributed by atoms with Crippen molar-refractivity contribution in [3.8, 4) is 0 Å². The van der Waals surface area contributed by atoms with Gasteiger partial charge in [-0.2, -0.15) is 13.2 Å². The molecule has 1 aromatic heterocycles. The topological polar surface area (TPSA) is 80.0 Å². The monoisotopic (exact) mass is 274 g/mol. The number of alkyl halides is 3. The Morgan fingerprint density at radius 3 is 2.79 bits per heavy atom. The number of anilines is 2. The molecule has 1 atom stereocenters. The third-order valence-electron chi connectivity index (χ3n) is 2.79. The van der Waals surface area contributed by atoms with Gasteiger partial charge in [0.25, 0.3) is 0 Å².